The normalized spacial score (nSPS) is 13.2. The van der Waals surface area contributed by atoms with E-state index in [1.165, 1.54) is 12.1 Å². The van der Waals surface area contributed by atoms with E-state index in [9.17, 15) is 9.18 Å². The minimum Gasteiger partial charge on any atom is -0.276 e. The van der Waals surface area contributed by atoms with Crippen LogP contribution in [-0.4, -0.2) is 10.9 Å². The van der Waals surface area contributed by atoms with Crippen molar-refractivity contribution in [3.05, 3.63) is 77.1 Å². The van der Waals surface area contributed by atoms with Crippen LogP contribution in [0.1, 0.15) is 10.4 Å². The van der Waals surface area contributed by atoms with Crippen LogP contribution in [0.2, 0.25) is 5.02 Å². The third-order valence-corrected chi connectivity index (χ3v) is 4.73. The van der Waals surface area contributed by atoms with Crippen LogP contribution in [0.3, 0.4) is 0 Å². The number of pyridine rings is 1. The Morgan fingerprint density at radius 2 is 1.76 bits per heavy atom. The molecule has 2 heterocycles. The molecule has 3 nitrogen and oxygen atoms in total. The second-order valence-corrected chi connectivity index (χ2v) is 6.37. The Bertz CT molecular complexity index is 1190. The summed E-state index contributed by atoms with van der Waals surface area (Å²) in [6, 6.07) is 17.0. The molecule has 0 N–H and O–H groups in total. The Balaban J connectivity index is 1.87. The van der Waals surface area contributed by atoms with Gasteiger partial charge in [0.05, 0.1) is 22.3 Å². The second-order valence-electron chi connectivity index (χ2n) is 5.94. The molecule has 1 aliphatic heterocycles. The molecule has 25 heavy (non-hydrogen) atoms. The van der Waals surface area contributed by atoms with Gasteiger partial charge in [0.2, 0.25) is 0 Å². The number of hydrogen-bond donors (Lipinski definition) is 0. The van der Waals surface area contributed by atoms with Gasteiger partial charge in [0, 0.05) is 21.5 Å². The van der Waals surface area contributed by atoms with Gasteiger partial charge in [-0.3, -0.25) is 9.69 Å². The van der Waals surface area contributed by atoms with Crippen molar-refractivity contribution in [1.29, 1.82) is 0 Å². The summed E-state index contributed by atoms with van der Waals surface area (Å²) >= 11 is 5.97. The van der Waals surface area contributed by atoms with Gasteiger partial charge in [-0.15, -0.1) is 0 Å². The standard InChI is InChI=1S/C20H10ClFN2O/c21-11-4-7-13(8-5-11)24-17-3-1-2-16-19(17)18(20(24)25)14-10-12(22)6-9-15(14)23-16/h1-10H. The SMILES string of the molecule is O=C1c2c3cc(F)ccc3nc3cccc(c23)N1c1ccc(Cl)cc1. The first-order chi connectivity index (χ1) is 12.1. The summed E-state index contributed by atoms with van der Waals surface area (Å²) in [5.41, 5.74) is 3.27. The molecule has 0 spiro atoms. The number of rotatable bonds is 1. The third-order valence-electron chi connectivity index (χ3n) is 4.48. The van der Waals surface area contributed by atoms with Gasteiger partial charge in [0.25, 0.3) is 5.91 Å². The number of benzene rings is 3. The van der Waals surface area contributed by atoms with E-state index in [0.29, 0.717) is 27.2 Å². The lowest BCUT2D eigenvalue weighted by Crippen LogP contribution is -2.20. The van der Waals surface area contributed by atoms with Crippen LogP contribution in [-0.2, 0) is 0 Å². The lowest BCUT2D eigenvalue weighted by Gasteiger charge is -2.17. The van der Waals surface area contributed by atoms with E-state index >= 15 is 0 Å². The summed E-state index contributed by atoms with van der Waals surface area (Å²) in [7, 11) is 0. The molecule has 3 aromatic carbocycles. The Morgan fingerprint density at radius 3 is 2.56 bits per heavy atom. The predicted molar refractivity (Wildman–Crippen MR) is 97.1 cm³/mol. The van der Waals surface area contributed by atoms with Gasteiger partial charge in [-0.05, 0) is 54.6 Å². The molecule has 0 fully saturated rings. The van der Waals surface area contributed by atoms with E-state index in [1.54, 1.807) is 35.2 Å². The number of fused-ring (bicyclic) bond motifs is 2. The molecule has 4 aromatic rings. The highest BCUT2D eigenvalue weighted by Crippen LogP contribution is 2.43. The Kier molecular flexibility index (Phi) is 2.88. The molecule has 5 heteroatoms. The highest BCUT2D eigenvalue weighted by atomic mass is 35.5. The lowest BCUT2D eigenvalue weighted by molar-refractivity contribution is 0.101. The van der Waals surface area contributed by atoms with Crippen LogP contribution in [0, 0.1) is 5.82 Å². The Labute approximate surface area is 147 Å². The molecule has 0 unspecified atom stereocenters. The largest absolute Gasteiger partial charge is 0.276 e. The zero-order valence-electron chi connectivity index (χ0n) is 12.8. The van der Waals surface area contributed by atoms with Crippen molar-refractivity contribution >= 4 is 50.7 Å². The Hall–Kier alpha value is -2.98. The quantitative estimate of drug-likeness (QED) is 0.427. The first kappa shape index (κ1) is 14.4. The zero-order valence-corrected chi connectivity index (χ0v) is 13.6. The molecule has 1 aromatic heterocycles. The third kappa shape index (κ3) is 1.98. The Morgan fingerprint density at radius 1 is 0.960 bits per heavy atom. The average Bonchev–Trinajstić information content (AvgIpc) is 2.91. The number of hydrogen-bond acceptors (Lipinski definition) is 2. The average molecular weight is 349 g/mol. The first-order valence-corrected chi connectivity index (χ1v) is 8.13. The summed E-state index contributed by atoms with van der Waals surface area (Å²) in [4.78, 5) is 19.4. The van der Waals surface area contributed by atoms with Crippen molar-refractivity contribution in [3.8, 4) is 0 Å². The molecular formula is C20H10ClFN2O. The zero-order chi connectivity index (χ0) is 17.1. The topological polar surface area (TPSA) is 33.2 Å². The molecule has 0 aliphatic carbocycles. The first-order valence-electron chi connectivity index (χ1n) is 7.75. The van der Waals surface area contributed by atoms with Crippen LogP contribution in [0.5, 0.6) is 0 Å². The van der Waals surface area contributed by atoms with E-state index in [2.05, 4.69) is 4.98 Å². The fourth-order valence-electron chi connectivity index (χ4n) is 3.42. The summed E-state index contributed by atoms with van der Waals surface area (Å²) in [6.07, 6.45) is 0. The molecule has 0 radical (unpaired) electrons. The van der Waals surface area contributed by atoms with Gasteiger partial charge in [0.15, 0.2) is 0 Å². The van der Waals surface area contributed by atoms with Crippen LogP contribution in [0.15, 0.2) is 60.7 Å². The predicted octanol–water partition coefficient (Wildman–Crippen LogP) is 5.47. The van der Waals surface area contributed by atoms with Gasteiger partial charge in [-0.25, -0.2) is 9.37 Å². The van der Waals surface area contributed by atoms with Crippen molar-refractivity contribution in [2.75, 3.05) is 4.90 Å². The monoisotopic (exact) mass is 348 g/mol. The number of carbonyl (C=O) groups excluding carboxylic acids is 1. The van der Waals surface area contributed by atoms with Crippen LogP contribution in [0.25, 0.3) is 21.8 Å². The number of amides is 1. The molecule has 5 rings (SSSR count). The number of carbonyl (C=O) groups is 1. The summed E-state index contributed by atoms with van der Waals surface area (Å²) in [5, 5.41) is 1.88. The van der Waals surface area contributed by atoms with Crippen molar-refractivity contribution in [2.45, 2.75) is 0 Å². The summed E-state index contributed by atoms with van der Waals surface area (Å²) in [6.45, 7) is 0. The number of aromatic nitrogens is 1. The van der Waals surface area contributed by atoms with E-state index in [0.717, 1.165) is 16.6 Å². The summed E-state index contributed by atoms with van der Waals surface area (Å²) < 4.78 is 13.8. The highest BCUT2D eigenvalue weighted by Gasteiger charge is 2.33. The van der Waals surface area contributed by atoms with Crippen molar-refractivity contribution in [2.24, 2.45) is 0 Å². The van der Waals surface area contributed by atoms with E-state index in [1.807, 2.05) is 18.2 Å². The van der Waals surface area contributed by atoms with Gasteiger partial charge in [-0.2, -0.15) is 0 Å². The number of nitrogens with zero attached hydrogens (tertiary/aromatic N) is 2. The molecule has 1 amide bonds. The van der Waals surface area contributed by atoms with Crippen molar-refractivity contribution < 1.29 is 9.18 Å². The maximum atomic E-state index is 13.8. The minimum atomic E-state index is -0.389. The number of halogens is 2. The van der Waals surface area contributed by atoms with Gasteiger partial charge >= 0.3 is 0 Å². The molecule has 0 saturated heterocycles. The molecule has 1 aliphatic rings. The maximum absolute atomic E-state index is 13.8. The van der Waals surface area contributed by atoms with Crippen molar-refractivity contribution in [1.82, 2.24) is 4.98 Å². The molecule has 120 valence electrons. The van der Waals surface area contributed by atoms with Crippen LogP contribution >= 0.6 is 11.6 Å². The van der Waals surface area contributed by atoms with Crippen molar-refractivity contribution in [3.63, 3.8) is 0 Å². The molecule has 0 bridgehead atoms. The fraction of sp³-hybridized carbons (Fsp3) is 0. The smallest absolute Gasteiger partial charge is 0.264 e. The molecule has 0 saturated carbocycles. The maximum Gasteiger partial charge on any atom is 0.264 e. The molecule has 0 atom stereocenters. The van der Waals surface area contributed by atoms with Crippen LogP contribution in [0.4, 0.5) is 15.8 Å². The van der Waals surface area contributed by atoms with Gasteiger partial charge < -0.3 is 0 Å². The van der Waals surface area contributed by atoms with Gasteiger partial charge in [0.1, 0.15) is 5.82 Å². The fourth-order valence-corrected chi connectivity index (χ4v) is 3.55. The second kappa shape index (κ2) is 5.01. The molecular weight excluding hydrogens is 339 g/mol. The van der Waals surface area contributed by atoms with Gasteiger partial charge in [-0.1, -0.05) is 17.7 Å². The summed E-state index contributed by atoms with van der Waals surface area (Å²) in [5.74, 6) is -0.577. The highest BCUT2D eigenvalue weighted by molar-refractivity contribution is 6.33. The van der Waals surface area contributed by atoms with E-state index in [4.69, 9.17) is 11.6 Å². The van der Waals surface area contributed by atoms with E-state index < -0.39 is 0 Å². The minimum absolute atomic E-state index is 0.188. The van der Waals surface area contributed by atoms with Crippen LogP contribution < -0.4 is 4.90 Å². The van der Waals surface area contributed by atoms with E-state index in [-0.39, 0.29) is 11.7 Å². The number of anilines is 2. The lowest BCUT2D eigenvalue weighted by atomic mass is 10.0.